The maximum atomic E-state index is 13.3. The van der Waals surface area contributed by atoms with Crippen LogP contribution in [0.1, 0.15) is 44.5 Å². The first-order chi connectivity index (χ1) is 15.5. The van der Waals surface area contributed by atoms with E-state index in [-0.39, 0.29) is 33.0 Å². The van der Waals surface area contributed by atoms with Gasteiger partial charge >= 0.3 is 0 Å². The van der Waals surface area contributed by atoms with E-state index in [2.05, 4.69) is 16.6 Å². The molecule has 182 valence electrons. The van der Waals surface area contributed by atoms with Crippen LogP contribution in [0.25, 0.3) is 0 Å². The number of benzene rings is 1. The molecule has 1 unspecified atom stereocenters. The summed E-state index contributed by atoms with van der Waals surface area (Å²) in [6.45, 7) is 3.31. The van der Waals surface area contributed by atoms with E-state index in [0.717, 1.165) is 12.8 Å². The number of piperidine rings is 1. The molecule has 5 N–H and O–H groups in total. The number of imidazole rings is 1. The number of carbonyl (C=O) groups excluding carboxylic acids is 1. The van der Waals surface area contributed by atoms with Gasteiger partial charge in [0.2, 0.25) is 15.9 Å². The van der Waals surface area contributed by atoms with Crippen molar-refractivity contribution in [3.63, 3.8) is 0 Å². The number of nitrogens with two attached hydrogens (primary N) is 2. The Labute approximate surface area is 204 Å². The van der Waals surface area contributed by atoms with Gasteiger partial charge in [0.25, 0.3) is 0 Å². The lowest BCUT2D eigenvalue weighted by Crippen LogP contribution is -2.50. The second kappa shape index (κ2) is 10.6. The fourth-order valence-corrected chi connectivity index (χ4v) is 5.76. The van der Waals surface area contributed by atoms with Gasteiger partial charge in [0, 0.05) is 32.5 Å². The molecule has 0 spiro atoms. The van der Waals surface area contributed by atoms with Gasteiger partial charge in [-0.3, -0.25) is 4.79 Å². The number of nitrogen functional groups attached to an aromatic ring is 1. The Morgan fingerprint density at radius 3 is 2.39 bits per heavy atom. The molecule has 2 heterocycles. The van der Waals surface area contributed by atoms with Gasteiger partial charge < -0.3 is 20.9 Å². The average Bonchev–Trinajstić information content (AvgIpc) is 3.20. The van der Waals surface area contributed by atoms with Crippen molar-refractivity contribution in [2.75, 3.05) is 18.8 Å². The van der Waals surface area contributed by atoms with Crippen molar-refractivity contribution >= 4 is 44.8 Å². The van der Waals surface area contributed by atoms with E-state index < -0.39 is 22.1 Å². The van der Waals surface area contributed by atoms with Gasteiger partial charge in [0.1, 0.15) is 11.9 Å². The Hall–Kier alpha value is -1.85. The highest BCUT2D eigenvalue weighted by atomic mass is 35.5. The Bertz CT molecular complexity index is 1080. The van der Waals surface area contributed by atoms with Crippen molar-refractivity contribution in [2.24, 2.45) is 18.7 Å². The second-order valence-corrected chi connectivity index (χ2v) is 11.1. The van der Waals surface area contributed by atoms with Crippen molar-refractivity contribution in [3.8, 4) is 0 Å². The molecule has 1 aromatic heterocycles. The molecule has 1 aliphatic heterocycles. The number of aromatic nitrogens is 2. The summed E-state index contributed by atoms with van der Waals surface area (Å²) in [6, 6.07) is 0.986. The molecule has 2 atom stereocenters. The average molecular weight is 517 g/mol. The topological polar surface area (TPSA) is 136 Å². The maximum absolute atomic E-state index is 13.3. The van der Waals surface area contributed by atoms with E-state index in [0.29, 0.717) is 31.3 Å². The number of nitrogens with zero attached hydrogens (tertiary/aromatic N) is 3. The van der Waals surface area contributed by atoms with Gasteiger partial charge in [-0.25, -0.2) is 13.4 Å². The lowest BCUT2D eigenvalue weighted by Gasteiger charge is -2.33. The SMILES string of the molecule is CC1CCN(C(=O)[C@H](CCC(N)c2nccn2C)NS(=O)(=O)c2cc(Cl)c(N)c(Cl)c2)CC1. The van der Waals surface area contributed by atoms with Crippen molar-refractivity contribution < 1.29 is 13.2 Å². The zero-order chi connectivity index (χ0) is 24.3. The van der Waals surface area contributed by atoms with Crippen LogP contribution in [0.4, 0.5) is 5.69 Å². The maximum Gasteiger partial charge on any atom is 0.241 e. The van der Waals surface area contributed by atoms with E-state index in [1.807, 2.05) is 7.05 Å². The molecule has 1 amide bonds. The molecular weight excluding hydrogens is 487 g/mol. The molecule has 0 aliphatic carbocycles. The normalized spacial score (nSPS) is 17.2. The fraction of sp³-hybridized carbons (Fsp3) is 0.524. The predicted molar refractivity (Wildman–Crippen MR) is 129 cm³/mol. The number of sulfonamides is 1. The molecule has 1 fully saturated rings. The third kappa shape index (κ3) is 6.19. The third-order valence-corrected chi connectivity index (χ3v) is 8.09. The fourth-order valence-electron chi connectivity index (χ4n) is 3.86. The number of halogens is 2. The van der Waals surface area contributed by atoms with Crippen LogP contribution in [0.5, 0.6) is 0 Å². The van der Waals surface area contributed by atoms with Crippen LogP contribution in [0.2, 0.25) is 10.0 Å². The minimum atomic E-state index is -4.11. The molecule has 1 saturated heterocycles. The molecule has 0 radical (unpaired) electrons. The number of hydrogen-bond acceptors (Lipinski definition) is 6. The Balaban J connectivity index is 1.82. The van der Waals surface area contributed by atoms with Gasteiger partial charge in [-0.05, 0) is 43.7 Å². The minimum absolute atomic E-state index is 0.0209. The van der Waals surface area contributed by atoms with Crippen LogP contribution >= 0.6 is 23.2 Å². The molecule has 2 aromatic rings. The summed E-state index contributed by atoms with van der Waals surface area (Å²) in [5.41, 5.74) is 12.1. The van der Waals surface area contributed by atoms with Gasteiger partial charge in [-0.15, -0.1) is 0 Å². The number of likely N-dealkylation sites (tertiary alicyclic amines) is 1. The molecule has 1 aromatic carbocycles. The first-order valence-corrected chi connectivity index (χ1v) is 13.0. The highest BCUT2D eigenvalue weighted by Crippen LogP contribution is 2.31. The van der Waals surface area contributed by atoms with Crippen LogP contribution in [-0.2, 0) is 21.9 Å². The number of nitrogens with one attached hydrogen (secondary N) is 1. The van der Waals surface area contributed by atoms with E-state index in [1.54, 1.807) is 21.9 Å². The summed E-state index contributed by atoms with van der Waals surface area (Å²) < 4.78 is 30.6. The first kappa shape index (κ1) is 25.8. The lowest BCUT2D eigenvalue weighted by molar-refractivity contribution is -0.134. The number of carbonyl (C=O) groups is 1. The Morgan fingerprint density at radius 2 is 1.85 bits per heavy atom. The van der Waals surface area contributed by atoms with Gasteiger partial charge in [-0.1, -0.05) is 30.1 Å². The van der Waals surface area contributed by atoms with Crippen LogP contribution < -0.4 is 16.2 Å². The third-order valence-electron chi connectivity index (χ3n) is 6.01. The van der Waals surface area contributed by atoms with Gasteiger partial charge in [-0.2, -0.15) is 4.72 Å². The number of rotatable bonds is 8. The number of anilines is 1. The molecule has 33 heavy (non-hydrogen) atoms. The number of hydrogen-bond donors (Lipinski definition) is 3. The lowest BCUT2D eigenvalue weighted by atomic mass is 9.98. The Kier molecular flexibility index (Phi) is 8.28. The largest absolute Gasteiger partial charge is 0.396 e. The summed E-state index contributed by atoms with van der Waals surface area (Å²) in [6.07, 6.45) is 5.74. The highest BCUT2D eigenvalue weighted by molar-refractivity contribution is 7.89. The molecule has 9 nitrogen and oxygen atoms in total. The van der Waals surface area contributed by atoms with Crippen LogP contribution in [0, 0.1) is 5.92 Å². The smallest absolute Gasteiger partial charge is 0.241 e. The van der Waals surface area contributed by atoms with E-state index in [1.165, 1.54) is 12.1 Å². The molecule has 0 saturated carbocycles. The molecule has 1 aliphatic rings. The summed E-state index contributed by atoms with van der Waals surface area (Å²) in [5.74, 6) is 0.915. The monoisotopic (exact) mass is 516 g/mol. The summed E-state index contributed by atoms with van der Waals surface area (Å²) in [5, 5.41) is 0.0418. The van der Waals surface area contributed by atoms with Crippen molar-refractivity contribution in [3.05, 3.63) is 40.4 Å². The minimum Gasteiger partial charge on any atom is -0.396 e. The first-order valence-electron chi connectivity index (χ1n) is 10.8. The number of amides is 1. The van der Waals surface area contributed by atoms with Crippen molar-refractivity contribution in [1.82, 2.24) is 19.2 Å². The molecule has 3 rings (SSSR count). The molecular formula is C21H30Cl2N6O3S. The zero-order valence-corrected chi connectivity index (χ0v) is 21.0. The van der Waals surface area contributed by atoms with E-state index >= 15 is 0 Å². The summed E-state index contributed by atoms with van der Waals surface area (Å²) in [7, 11) is -2.28. The quantitative estimate of drug-likeness (QED) is 0.461. The van der Waals surface area contributed by atoms with Gasteiger partial charge in [0.15, 0.2) is 0 Å². The van der Waals surface area contributed by atoms with E-state index in [9.17, 15) is 13.2 Å². The van der Waals surface area contributed by atoms with Crippen LogP contribution in [-0.4, -0.2) is 47.9 Å². The zero-order valence-electron chi connectivity index (χ0n) is 18.7. The standard InChI is InChI=1S/C21H30Cl2N6O3S/c1-13-5-8-29(9-6-13)21(30)18(4-3-17(24)20-26-7-10-28(20)2)27-33(31,32)14-11-15(22)19(25)16(23)12-14/h7,10-13,17-18,27H,3-6,8-9,24-25H2,1-2H3/t17?,18-/m0/s1. The van der Waals surface area contributed by atoms with Crippen LogP contribution in [0.15, 0.2) is 29.4 Å². The van der Waals surface area contributed by atoms with Crippen molar-refractivity contribution in [1.29, 1.82) is 0 Å². The van der Waals surface area contributed by atoms with Crippen LogP contribution in [0.3, 0.4) is 0 Å². The van der Waals surface area contributed by atoms with Crippen molar-refractivity contribution in [2.45, 2.75) is 49.6 Å². The molecule has 0 bridgehead atoms. The van der Waals surface area contributed by atoms with E-state index in [4.69, 9.17) is 34.7 Å². The van der Waals surface area contributed by atoms with Gasteiger partial charge in [0.05, 0.1) is 26.7 Å². The molecule has 12 heteroatoms. The number of aryl methyl sites for hydroxylation is 1. The second-order valence-electron chi connectivity index (χ2n) is 8.56. The highest BCUT2D eigenvalue weighted by Gasteiger charge is 2.32. The summed E-state index contributed by atoms with van der Waals surface area (Å²) in [4.78, 5) is 19.1. The Morgan fingerprint density at radius 1 is 1.24 bits per heavy atom. The summed E-state index contributed by atoms with van der Waals surface area (Å²) >= 11 is 12.1. The predicted octanol–water partition coefficient (Wildman–Crippen LogP) is 2.69.